The Balaban J connectivity index is 1.96. The number of aliphatic hydroxyl groups is 1. The number of hydrogen-bond donors (Lipinski definition) is 2. The van der Waals surface area contributed by atoms with Gasteiger partial charge in [-0.2, -0.15) is 0 Å². The third-order valence-electron chi connectivity index (χ3n) is 3.50. The highest BCUT2D eigenvalue weighted by molar-refractivity contribution is 5.81. The van der Waals surface area contributed by atoms with Crippen LogP contribution in [-0.4, -0.2) is 21.5 Å². The first-order valence-electron chi connectivity index (χ1n) is 6.54. The van der Waals surface area contributed by atoms with Crippen molar-refractivity contribution in [1.29, 1.82) is 0 Å². The van der Waals surface area contributed by atoms with Crippen molar-refractivity contribution in [3.05, 3.63) is 42.2 Å². The molecule has 4 rings (SSSR count). The van der Waals surface area contributed by atoms with Crippen LogP contribution in [0.1, 0.15) is 5.82 Å². The molecule has 0 saturated carbocycles. The average Bonchev–Trinajstić information content (AvgIpc) is 3.09. The summed E-state index contributed by atoms with van der Waals surface area (Å²) in [6, 6.07) is 11.1. The molecule has 3 N–H and O–H groups in total. The predicted octanol–water partition coefficient (Wildman–Crippen LogP) is 1.83. The molecule has 0 amide bonds. The molecule has 2 aromatic carbocycles. The summed E-state index contributed by atoms with van der Waals surface area (Å²) < 4.78 is 12.6. The van der Waals surface area contributed by atoms with Crippen LogP contribution in [0.5, 0.6) is 11.5 Å². The minimum Gasteiger partial charge on any atom is -0.454 e. The number of nitrogen functional groups attached to an aromatic ring is 1. The summed E-state index contributed by atoms with van der Waals surface area (Å²) >= 11 is 0. The van der Waals surface area contributed by atoms with Gasteiger partial charge >= 0.3 is 0 Å². The number of ether oxygens (including phenoxy) is 2. The van der Waals surface area contributed by atoms with Crippen LogP contribution in [0, 0.1) is 0 Å². The van der Waals surface area contributed by atoms with Crippen molar-refractivity contribution in [2.45, 2.75) is 6.61 Å². The summed E-state index contributed by atoms with van der Waals surface area (Å²) in [5.41, 5.74) is 8.92. The van der Waals surface area contributed by atoms with Gasteiger partial charge in [0.2, 0.25) is 6.79 Å². The smallest absolute Gasteiger partial charge is 0.231 e. The number of aliphatic hydroxyl groups excluding tert-OH is 1. The van der Waals surface area contributed by atoms with Crippen LogP contribution >= 0.6 is 0 Å². The van der Waals surface area contributed by atoms with Crippen LogP contribution in [0.25, 0.3) is 16.7 Å². The van der Waals surface area contributed by atoms with Gasteiger partial charge in [-0.1, -0.05) is 0 Å². The molecule has 1 aliphatic heterocycles. The third-order valence-corrected chi connectivity index (χ3v) is 3.50. The summed E-state index contributed by atoms with van der Waals surface area (Å²) in [6.07, 6.45) is 0. The molecule has 0 aliphatic carbocycles. The van der Waals surface area contributed by atoms with E-state index < -0.39 is 0 Å². The first-order chi connectivity index (χ1) is 10.3. The summed E-state index contributed by atoms with van der Waals surface area (Å²) in [7, 11) is 0. The van der Waals surface area contributed by atoms with Gasteiger partial charge in [-0.05, 0) is 30.3 Å². The van der Waals surface area contributed by atoms with E-state index in [0.717, 1.165) is 22.5 Å². The Morgan fingerprint density at radius 3 is 2.86 bits per heavy atom. The molecule has 21 heavy (non-hydrogen) atoms. The number of nitrogens with two attached hydrogens (primary N) is 1. The molecule has 1 aliphatic rings. The number of nitrogens with zero attached hydrogens (tertiary/aromatic N) is 2. The minimum absolute atomic E-state index is 0.164. The van der Waals surface area contributed by atoms with E-state index in [2.05, 4.69) is 4.98 Å². The van der Waals surface area contributed by atoms with Crippen LogP contribution in [0.3, 0.4) is 0 Å². The lowest BCUT2D eigenvalue weighted by molar-refractivity contribution is 0.174. The average molecular weight is 283 g/mol. The van der Waals surface area contributed by atoms with Gasteiger partial charge in [0.15, 0.2) is 11.5 Å². The second-order valence-corrected chi connectivity index (χ2v) is 4.81. The Morgan fingerprint density at radius 2 is 2.00 bits per heavy atom. The molecule has 0 fully saturated rings. The molecule has 0 atom stereocenters. The van der Waals surface area contributed by atoms with Crippen molar-refractivity contribution in [1.82, 2.24) is 9.55 Å². The third kappa shape index (κ3) is 1.80. The van der Waals surface area contributed by atoms with Crippen molar-refractivity contribution < 1.29 is 14.6 Å². The molecule has 1 aromatic heterocycles. The highest BCUT2D eigenvalue weighted by Gasteiger charge is 2.17. The number of imidazole rings is 1. The topological polar surface area (TPSA) is 82.5 Å². The van der Waals surface area contributed by atoms with Gasteiger partial charge in [0, 0.05) is 11.8 Å². The zero-order chi connectivity index (χ0) is 14.4. The van der Waals surface area contributed by atoms with Crippen LogP contribution in [0.4, 0.5) is 5.69 Å². The number of aromatic nitrogens is 2. The van der Waals surface area contributed by atoms with Crippen LogP contribution < -0.4 is 15.2 Å². The second kappa shape index (κ2) is 4.39. The van der Waals surface area contributed by atoms with Crippen molar-refractivity contribution in [2.24, 2.45) is 0 Å². The number of rotatable bonds is 2. The fraction of sp³-hybridized carbons (Fsp3) is 0.133. The highest BCUT2D eigenvalue weighted by atomic mass is 16.7. The fourth-order valence-corrected chi connectivity index (χ4v) is 2.57. The number of hydrogen-bond acceptors (Lipinski definition) is 5. The summed E-state index contributed by atoms with van der Waals surface area (Å²) in [4.78, 5) is 4.42. The molecule has 6 heteroatoms. The Kier molecular flexibility index (Phi) is 2.52. The van der Waals surface area contributed by atoms with Gasteiger partial charge in [-0.25, -0.2) is 4.98 Å². The largest absolute Gasteiger partial charge is 0.454 e. The minimum atomic E-state index is -0.164. The van der Waals surface area contributed by atoms with Gasteiger partial charge in [0.25, 0.3) is 0 Å². The fourth-order valence-electron chi connectivity index (χ4n) is 2.57. The number of anilines is 1. The van der Waals surface area contributed by atoms with E-state index in [1.54, 1.807) is 6.07 Å². The maximum absolute atomic E-state index is 9.57. The molecule has 6 nitrogen and oxygen atoms in total. The molecule has 0 radical (unpaired) electrons. The summed E-state index contributed by atoms with van der Waals surface area (Å²) in [6.45, 7) is 0.0654. The van der Waals surface area contributed by atoms with Gasteiger partial charge in [0.1, 0.15) is 12.4 Å². The van der Waals surface area contributed by atoms with E-state index in [1.807, 2.05) is 34.9 Å². The molecule has 3 aromatic rings. The van der Waals surface area contributed by atoms with Crippen molar-refractivity contribution in [3.63, 3.8) is 0 Å². The van der Waals surface area contributed by atoms with Crippen molar-refractivity contribution in [2.75, 3.05) is 12.5 Å². The molecule has 0 spiro atoms. The van der Waals surface area contributed by atoms with Gasteiger partial charge < -0.3 is 20.3 Å². The Bertz CT molecular complexity index is 842. The number of fused-ring (bicyclic) bond motifs is 2. The lowest BCUT2D eigenvalue weighted by Gasteiger charge is -2.09. The summed E-state index contributed by atoms with van der Waals surface area (Å²) in [5.74, 6) is 1.96. The molecular weight excluding hydrogens is 270 g/mol. The maximum Gasteiger partial charge on any atom is 0.231 e. The van der Waals surface area contributed by atoms with Gasteiger partial charge in [-0.15, -0.1) is 0 Å². The van der Waals surface area contributed by atoms with Crippen molar-refractivity contribution in [3.8, 4) is 17.2 Å². The number of benzene rings is 2. The normalized spacial score (nSPS) is 13.0. The Morgan fingerprint density at radius 1 is 1.14 bits per heavy atom. The monoisotopic (exact) mass is 283 g/mol. The van der Waals surface area contributed by atoms with Crippen LogP contribution in [0.2, 0.25) is 0 Å². The van der Waals surface area contributed by atoms with E-state index >= 15 is 0 Å². The van der Waals surface area contributed by atoms with Gasteiger partial charge in [0.05, 0.1) is 16.7 Å². The molecule has 2 heterocycles. The second-order valence-electron chi connectivity index (χ2n) is 4.81. The molecular formula is C15H13N3O3. The molecule has 106 valence electrons. The zero-order valence-corrected chi connectivity index (χ0v) is 11.1. The molecule has 0 bridgehead atoms. The maximum atomic E-state index is 9.57. The molecule has 0 unspecified atom stereocenters. The first-order valence-corrected chi connectivity index (χ1v) is 6.54. The Labute approximate surface area is 120 Å². The lowest BCUT2D eigenvalue weighted by atomic mass is 10.2. The Hall–Kier alpha value is -2.73. The van der Waals surface area contributed by atoms with E-state index in [4.69, 9.17) is 15.2 Å². The van der Waals surface area contributed by atoms with E-state index in [-0.39, 0.29) is 13.4 Å². The van der Waals surface area contributed by atoms with E-state index in [9.17, 15) is 5.11 Å². The standard InChI is InChI=1S/C15H13N3O3/c16-9-1-3-12-11(5-9)17-15(7-19)18(12)10-2-4-13-14(6-10)21-8-20-13/h1-6,19H,7-8,16H2. The summed E-state index contributed by atoms with van der Waals surface area (Å²) in [5, 5.41) is 9.57. The SMILES string of the molecule is Nc1ccc2c(c1)nc(CO)n2-c1ccc2c(c1)OCO2. The van der Waals surface area contributed by atoms with E-state index in [0.29, 0.717) is 17.3 Å². The highest BCUT2D eigenvalue weighted by Crippen LogP contribution is 2.35. The first kappa shape index (κ1) is 12.0. The zero-order valence-electron chi connectivity index (χ0n) is 11.1. The molecule has 0 saturated heterocycles. The van der Waals surface area contributed by atoms with Crippen molar-refractivity contribution >= 4 is 16.7 Å². The predicted molar refractivity (Wildman–Crippen MR) is 77.5 cm³/mol. The quantitative estimate of drug-likeness (QED) is 0.701. The van der Waals surface area contributed by atoms with Crippen LogP contribution in [-0.2, 0) is 6.61 Å². The van der Waals surface area contributed by atoms with Gasteiger partial charge in [-0.3, -0.25) is 4.57 Å². The van der Waals surface area contributed by atoms with Crippen LogP contribution in [0.15, 0.2) is 36.4 Å². The lowest BCUT2D eigenvalue weighted by Crippen LogP contribution is -2.01. The van der Waals surface area contributed by atoms with E-state index in [1.165, 1.54) is 0 Å².